The Balaban J connectivity index is 1.69. The van der Waals surface area contributed by atoms with Crippen molar-refractivity contribution in [2.45, 2.75) is 6.17 Å². The summed E-state index contributed by atoms with van der Waals surface area (Å²) in [6.45, 7) is 0. The maximum Gasteiger partial charge on any atom is 0.131 e. The van der Waals surface area contributed by atoms with Gasteiger partial charge in [-0.2, -0.15) is 0 Å². The molecule has 2 nitrogen and oxygen atoms in total. The van der Waals surface area contributed by atoms with Crippen LogP contribution in [-0.2, 0) is 0 Å². The van der Waals surface area contributed by atoms with Crippen molar-refractivity contribution in [1.29, 1.82) is 0 Å². The van der Waals surface area contributed by atoms with Gasteiger partial charge in [-0.15, -0.1) is 0 Å². The van der Waals surface area contributed by atoms with Gasteiger partial charge < -0.3 is 10.2 Å². The summed E-state index contributed by atoms with van der Waals surface area (Å²) in [6.07, 6.45) is 2.37. The number of benzene rings is 4. The van der Waals surface area contributed by atoms with Crippen molar-refractivity contribution >= 4 is 49.9 Å². The SMILES string of the molecule is Brc1ccccc1C1=Cc2ccccc2C2Nc3cccc4cccc(c34)N12. The van der Waals surface area contributed by atoms with E-state index in [1.807, 2.05) is 0 Å². The Morgan fingerprint density at radius 1 is 0.786 bits per heavy atom. The van der Waals surface area contributed by atoms with Gasteiger partial charge in [0.1, 0.15) is 6.17 Å². The van der Waals surface area contributed by atoms with E-state index >= 15 is 0 Å². The molecule has 0 saturated carbocycles. The van der Waals surface area contributed by atoms with E-state index in [-0.39, 0.29) is 6.17 Å². The molecule has 1 atom stereocenters. The van der Waals surface area contributed by atoms with E-state index in [9.17, 15) is 0 Å². The number of nitrogens with one attached hydrogen (secondary N) is 1. The minimum Gasteiger partial charge on any atom is -0.361 e. The van der Waals surface area contributed by atoms with E-state index in [0.29, 0.717) is 0 Å². The molecule has 0 amide bonds. The first-order valence-electron chi connectivity index (χ1n) is 9.44. The first-order chi connectivity index (χ1) is 13.8. The highest BCUT2D eigenvalue weighted by Crippen LogP contribution is 2.50. The van der Waals surface area contributed by atoms with Gasteiger partial charge in [-0.1, -0.05) is 82.7 Å². The summed E-state index contributed by atoms with van der Waals surface area (Å²) in [6, 6.07) is 30.2. The average molecular weight is 425 g/mol. The zero-order valence-corrected chi connectivity index (χ0v) is 16.6. The second-order valence-corrected chi connectivity index (χ2v) is 8.09. The number of nitrogens with zero attached hydrogens (tertiary/aromatic N) is 1. The second-order valence-electron chi connectivity index (χ2n) is 7.24. The molecule has 0 fully saturated rings. The first-order valence-corrected chi connectivity index (χ1v) is 10.2. The number of rotatable bonds is 1. The topological polar surface area (TPSA) is 15.3 Å². The van der Waals surface area contributed by atoms with Crippen molar-refractivity contribution in [3.8, 4) is 0 Å². The number of fused-ring (bicyclic) bond motifs is 4. The molecular formula is C25H17BrN2. The standard InChI is InChI=1S/C25H17BrN2/c26-20-12-4-3-11-19(20)23-15-17-7-1-2-10-18(17)25-27-21-13-5-8-16-9-6-14-22(24(16)21)28(23)25/h1-15,25,27H. The molecular weight excluding hydrogens is 408 g/mol. The Bertz CT molecular complexity index is 1270. The molecule has 0 radical (unpaired) electrons. The third kappa shape index (κ3) is 2.20. The summed E-state index contributed by atoms with van der Waals surface area (Å²) < 4.78 is 1.10. The number of halogens is 1. The molecule has 6 rings (SSSR count). The van der Waals surface area contributed by atoms with Gasteiger partial charge in [-0.05, 0) is 35.2 Å². The van der Waals surface area contributed by atoms with Crippen LogP contribution in [0.3, 0.4) is 0 Å². The Hall–Kier alpha value is -3.04. The monoisotopic (exact) mass is 424 g/mol. The van der Waals surface area contributed by atoms with Crippen LogP contribution in [0.15, 0.2) is 89.4 Å². The molecule has 1 unspecified atom stereocenters. The molecule has 4 aromatic carbocycles. The second kappa shape index (κ2) is 5.98. The average Bonchev–Trinajstić information content (AvgIpc) is 2.74. The van der Waals surface area contributed by atoms with Crippen LogP contribution in [0, 0.1) is 0 Å². The Labute approximate surface area is 172 Å². The zero-order chi connectivity index (χ0) is 18.7. The molecule has 2 heterocycles. The maximum atomic E-state index is 3.81. The molecule has 0 spiro atoms. The summed E-state index contributed by atoms with van der Waals surface area (Å²) in [7, 11) is 0. The van der Waals surface area contributed by atoms with Crippen molar-refractivity contribution in [3.63, 3.8) is 0 Å². The lowest BCUT2D eigenvalue weighted by molar-refractivity contribution is 0.781. The molecule has 1 N–H and O–H groups in total. The molecule has 3 heteroatoms. The summed E-state index contributed by atoms with van der Waals surface area (Å²) in [5, 5.41) is 6.34. The molecule has 0 saturated heterocycles. The zero-order valence-electron chi connectivity index (χ0n) is 15.1. The third-order valence-corrected chi connectivity index (χ3v) is 6.38. The van der Waals surface area contributed by atoms with Gasteiger partial charge in [0.15, 0.2) is 0 Å². The minimum absolute atomic E-state index is 0.0591. The van der Waals surface area contributed by atoms with Crippen molar-refractivity contribution in [2.24, 2.45) is 0 Å². The van der Waals surface area contributed by atoms with Crippen LogP contribution in [0.1, 0.15) is 22.9 Å². The van der Waals surface area contributed by atoms with Gasteiger partial charge in [0.05, 0.1) is 11.4 Å². The van der Waals surface area contributed by atoms with Gasteiger partial charge in [-0.25, -0.2) is 0 Å². The molecule has 2 aliphatic rings. The lowest BCUT2D eigenvalue weighted by Gasteiger charge is -2.44. The quantitative estimate of drug-likeness (QED) is 0.352. The largest absolute Gasteiger partial charge is 0.361 e. The Morgan fingerprint density at radius 3 is 2.46 bits per heavy atom. The summed E-state index contributed by atoms with van der Waals surface area (Å²) in [4.78, 5) is 2.44. The van der Waals surface area contributed by atoms with E-state index in [2.05, 4.69) is 117 Å². The van der Waals surface area contributed by atoms with Crippen LogP contribution >= 0.6 is 15.9 Å². The Kier molecular flexibility index (Phi) is 3.41. The van der Waals surface area contributed by atoms with Gasteiger partial charge in [0.25, 0.3) is 0 Å². The fraction of sp³-hybridized carbons (Fsp3) is 0.0400. The molecule has 0 aliphatic carbocycles. The van der Waals surface area contributed by atoms with Crippen LogP contribution in [0.5, 0.6) is 0 Å². The third-order valence-electron chi connectivity index (χ3n) is 5.68. The molecule has 28 heavy (non-hydrogen) atoms. The van der Waals surface area contributed by atoms with E-state index in [1.54, 1.807) is 0 Å². The number of hydrogen-bond donors (Lipinski definition) is 1. The first kappa shape index (κ1) is 16.0. The van der Waals surface area contributed by atoms with E-state index < -0.39 is 0 Å². The van der Waals surface area contributed by atoms with Crippen molar-refractivity contribution in [3.05, 3.63) is 106 Å². The van der Waals surface area contributed by atoms with Crippen LogP contribution < -0.4 is 10.2 Å². The van der Waals surface area contributed by atoms with Crippen LogP contribution in [-0.4, -0.2) is 0 Å². The summed E-state index contributed by atoms with van der Waals surface area (Å²) in [5.74, 6) is 0. The van der Waals surface area contributed by atoms with Gasteiger partial charge >= 0.3 is 0 Å². The highest BCUT2D eigenvalue weighted by Gasteiger charge is 2.35. The Morgan fingerprint density at radius 2 is 1.57 bits per heavy atom. The number of anilines is 2. The smallest absolute Gasteiger partial charge is 0.131 e. The van der Waals surface area contributed by atoms with Gasteiger partial charge in [0.2, 0.25) is 0 Å². The fourth-order valence-corrected chi connectivity index (χ4v) is 4.95. The molecule has 134 valence electrons. The van der Waals surface area contributed by atoms with Crippen molar-refractivity contribution in [2.75, 3.05) is 10.2 Å². The molecule has 0 bridgehead atoms. The molecule has 0 aromatic heterocycles. The van der Waals surface area contributed by atoms with Crippen molar-refractivity contribution < 1.29 is 0 Å². The van der Waals surface area contributed by atoms with Crippen molar-refractivity contribution in [1.82, 2.24) is 0 Å². The summed E-state index contributed by atoms with van der Waals surface area (Å²) >= 11 is 3.77. The molecule has 4 aromatic rings. The van der Waals surface area contributed by atoms with Crippen LogP contribution in [0.25, 0.3) is 22.5 Å². The normalized spacial score (nSPS) is 16.8. The van der Waals surface area contributed by atoms with Crippen LogP contribution in [0.4, 0.5) is 11.4 Å². The minimum atomic E-state index is 0.0591. The van der Waals surface area contributed by atoms with E-state index in [0.717, 1.165) is 4.47 Å². The fourth-order valence-electron chi connectivity index (χ4n) is 4.46. The lowest BCUT2D eigenvalue weighted by Crippen LogP contribution is -2.37. The predicted octanol–water partition coefficient (Wildman–Crippen LogP) is 7.04. The van der Waals surface area contributed by atoms with E-state index in [4.69, 9.17) is 0 Å². The maximum absolute atomic E-state index is 3.81. The number of hydrogen-bond acceptors (Lipinski definition) is 2. The highest BCUT2D eigenvalue weighted by molar-refractivity contribution is 9.10. The van der Waals surface area contributed by atoms with E-state index in [1.165, 1.54) is 44.5 Å². The summed E-state index contributed by atoms with van der Waals surface area (Å²) in [5.41, 5.74) is 7.38. The van der Waals surface area contributed by atoms with Crippen LogP contribution in [0.2, 0.25) is 0 Å². The molecule has 2 aliphatic heterocycles. The van der Waals surface area contributed by atoms with Gasteiger partial charge in [0, 0.05) is 26.7 Å². The lowest BCUT2D eigenvalue weighted by atomic mass is 9.91. The predicted molar refractivity (Wildman–Crippen MR) is 121 cm³/mol. The van der Waals surface area contributed by atoms with Gasteiger partial charge in [-0.3, -0.25) is 0 Å². The highest BCUT2D eigenvalue weighted by atomic mass is 79.9.